The Bertz CT molecular complexity index is 1090. The van der Waals surface area contributed by atoms with Gasteiger partial charge in [0, 0.05) is 23.4 Å². The third kappa shape index (κ3) is 3.76. The first-order valence-corrected chi connectivity index (χ1v) is 13.0. The van der Waals surface area contributed by atoms with Crippen molar-refractivity contribution >= 4 is 0 Å². The van der Waals surface area contributed by atoms with Crippen molar-refractivity contribution in [2.75, 3.05) is 0 Å². The smallest absolute Gasteiger partial charge is 0.144 e. The van der Waals surface area contributed by atoms with Gasteiger partial charge in [0.05, 0.1) is 5.69 Å². The van der Waals surface area contributed by atoms with Gasteiger partial charge in [0.25, 0.3) is 0 Å². The Morgan fingerprint density at radius 2 is 1.45 bits per heavy atom. The number of nitrogens with zero attached hydrogens (tertiary/aromatic N) is 2. The van der Waals surface area contributed by atoms with Crippen molar-refractivity contribution in [3.8, 4) is 17.1 Å². The summed E-state index contributed by atoms with van der Waals surface area (Å²) in [4.78, 5) is 4.97. The number of hydrogen-bond acceptors (Lipinski definition) is 1. The van der Waals surface area contributed by atoms with Crippen LogP contribution in [0, 0.1) is 11.8 Å². The molecule has 1 aliphatic carbocycles. The zero-order valence-corrected chi connectivity index (χ0v) is 22.1. The lowest BCUT2D eigenvalue weighted by molar-refractivity contribution is 0.585. The molecule has 0 saturated heterocycles. The molecule has 2 nitrogen and oxygen atoms in total. The van der Waals surface area contributed by atoms with Crippen LogP contribution in [0.3, 0.4) is 0 Å². The Kier molecular flexibility index (Phi) is 6.33. The van der Waals surface area contributed by atoms with Crippen LogP contribution in [0.25, 0.3) is 17.1 Å². The molecule has 1 saturated carbocycles. The third-order valence-electron chi connectivity index (χ3n) is 8.50. The van der Waals surface area contributed by atoms with Gasteiger partial charge in [-0.05, 0) is 58.3 Å². The summed E-state index contributed by atoms with van der Waals surface area (Å²) in [6.07, 6.45) is 5.33. The molecule has 33 heavy (non-hydrogen) atoms. The largest absolute Gasteiger partial charge is 0.299 e. The molecule has 0 N–H and O–H groups in total. The fraction of sp³-hybridized carbons (Fsp3) is 0.516. The van der Waals surface area contributed by atoms with Gasteiger partial charge in [0.15, 0.2) is 0 Å². The maximum Gasteiger partial charge on any atom is 0.144 e. The van der Waals surface area contributed by atoms with Gasteiger partial charge in [-0.3, -0.25) is 4.57 Å². The molecule has 1 fully saturated rings. The lowest BCUT2D eigenvalue weighted by Gasteiger charge is -2.26. The van der Waals surface area contributed by atoms with E-state index in [2.05, 4.69) is 109 Å². The van der Waals surface area contributed by atoms with Crippen LogP contribution in [-0.4, -0.2) is 9.55 Å². The van der Waals surface area contributed by atoms with Crippen molar-refractivity contribution in [3.63, 3.8) is 0 Å². The van der Waals surface area contributed by atoms with E-state index >= 15 is 0 Å². The standard InChI is InChI=1S/C31H42N2/c1-10-31(22(8)23(31)9)28-14-12-11-13-25(28)30-32-15-16-33(30)29-26(20(4)5)17-24(19(2)3)18-27(29)21(6)7/h11-23H,10H2,1-9H3. The van der Waals surface area contributed by atoms with E-state index in [1.807, 2.05) is 6.20 Å². The maximum atomic E-state index is 4.97. The molecular weight excluding hydrogens is 400 g/mol. The fourth-order valence-corrected chi connectivity index (χ4v) is 6.15. The Balaban J connectivity index is 1.98. The molecule has 3 aromatic rings. The first kappa shape index (κ1) is 23.8. The Labute approximate surface area is 201 Å². The van der Waals surface area contributed by atoms with Crippen molar-refractivity contribution in [1.82, 2.24) is 9.55 Å². The zero-order valence-electron chi connectivity index (χ0n) is 22.1. The highest BCUT2D eigenvalue weighted by atomic mass is 15.1. The molecular formula is C31H42N2. The van der Waals surface area contributed by atoms with E-state index in [4.69, 9.17) is 4.98 Å². The van der Waals surface area contributed by atoms with Crippen LogP contribution in [0.4, 0.5) is 0 Å². The van der Waals surface area contributed by atoms with E-state index in [1.54, 1.807) is 0 Å². The summed E-state index contributed by atoms with van der Waals surface area (Å²) in [5, 5.41) is 0. The number of aromatic nitrogens is 2. The summed E-state index contributed by atoms with van der Waals surface area (Å²) in [5.74, 6) is 3.87. The molecule has 0 spiro atoms. The summed E-state index contributed by atoms with van der Waals surface area (Å²) < 4.78 is 2.38. The Morgan fingerprint density at radius 1 is 0.879 bits per heavy atom. The molecule has 2 aromatic carbocycles. The van der Waals surface area contributed by atoms with Crippen LogP contribution in [-0.2, 0) is 5.41 Å². The van der Waals surface area contributed by atoms with Crippen molar-refractivity contribution < 1.29 is 0 Å². The molecule has 4 rings (SSSR count). The van der Waals surface area contributed by atoms with Crippen LogP contribution in [0.15, 0.2) is 48.8 Å². The van der Waals surface area contributed by atoms with Gasteiger partial charge < -0.3 is 0 Å². The lowest BCUT2D eigenvalue weighted by Crippen LogP contribution is -2.14. The molecule has 0 amide bonds. The molecule has 2 unspecified atom stereocenters. The molecule has 0 bridgehead atoms. The lowest BCUT2D eigenvalue weighted by atomic mass is 9.85. The molecule has 2 heteroatoms. The minimum Gasteiger partial charge on any atom is -0.299 e. The van der Waals surface area contributed by atoms with E-state index in [0.717, 1.165) is 5.82 Å². The molecule has 0 aliphatic heterocycles. The zero-order chi connectivity index (χ0) is 24.1. The van der Waals surface area contributed by atoms with Gasteiger partial charge in [0.2, 0.25) is 0 Å². The summed E-state index contributed by atoms with van der Waals surface area (Å²) in [6, 6.07) is 13.9. The van der Waals surface area contributed by atoms with E-state index in [1.165, 1.54) is 39.9 Å². The SMILES string of the molecule is CCC1(c2ccccc2-c2nccn2-c2c(C(C)C)cc(C(C)C)cc2C(C)C)C(C)C1C. The monoisotopic (exact) mass is 442 g/mol. The molecule has 1 aromatic heterocycles. The summed E-state index contributed by atoms with van der Waals surface area (Å²) in [7, 11) is 0. The minimum atomic E-state index is 0.261. The van der Waals surface area contributed by atoms with Gasteiger partial charge in [-0.1, -0.05) is 98.7 Å². The van der Waals surface area contributed by atoms with Gasteiger partial charge >= 0.3 is 0 Å². The van der Waals surface area contributed by atoms with Crippen molar-refractivity contribution in [2.24, 2.45) is 11.8 Å². The highest BCUT2D eigenvalue weighted by Gasteiger charge is 2.59. The van der Waals surface area contributed by atoms with Gasteiger partial charge in [-0.25, -0.2) is 4.98 Å². The molecule has 1 heterocycles. The normalized spacial score (nSPS) is 22.5. The van der Waals surface area contributed by atoms with E-state index in [9.17, 15) is 0 Å². The van der Waals surface area contributed by atoms with E-state index in [0.29, 0.717) is 29.6 Å². The molecule has 1 aliphatic rings. The second-order valence-corrected chi connectivity index (χ2v) is 11.1. The van der Waals surface area contributed by atoms with Gasteiger partial charge in [-0.2, -0.15) is 0 Å². The van der Waals surface area contributed by atoms with Crippen LogP contribution < -0.4 is 0 Å². The first-order valence-electron chi connectivity index (χ1n) is 13.0. The average Bonchev–Trinajstić information content (AvgIpc) is 3.12. The number of imidazole rings is 1. The quantitative estimate of drug-likeness (QED) is 0.357. The third-order valence-corrected chi connectivity index (χ3v) is 8.50. The van der Waals surface area contributed by atoms with Crippen molar-refractivity contribution in [2.45, 2.75) is 91.9 Å². The van der Waals surface area contributed by atoms with Crippen LogP contribution in [0.2, 0.25) is 0 Å². The van der Waals surface area contributed by atoms with Crippen molar-refractivity contribution in [3.05, 3.63) is 71.0 Å². The number of hydrogen-bond donors (Lipinski definition) is 0. The molecule has 176 valence electrons. The predicted octanol–water partition coefficient (Wildman–Crippen LogP) is 8.84. The number of benzene rings is 2. The van der Waals surface area contributed by atoms with Gasteiger partial charge in [0.1, 0.15) is 5.82 Å². The second kappa shape index (κ2) is 8.78. The first-order chi connectivity index (χ1) is 15.6. The maximum absolute atomic E-state index is 4.97. The van der Waals surface area contributed by atoms with Crippen LogP contribution in [0.5, 0.6) is 0 Å². The highest BCUT2D eigenvalue weighted by Crippen LogP contribution is 2.63. The molecule has 0 radical (unpaired) electrons. The highest BCUT2D eigenvalue weighted by molar-refractivity contribution is 5.68. The topological polar surface area (TPSA) is 17.8 Å². The Morgan fingerprint density at radius 3 is 1.94 bits per heavy atom. The van der Waals surface area contributed by atoms with E-state index < -0.39 is 0 Å². The minimum absolute atomic E-state index is 0.261. The van der Waals surface area contributed by atoms with Gasteiger partial charge in [-0.15, -0.1) is 0 Å². The summed E-state index contributed by atoms with van der Waals surface area (Å²) >= 11 is 0. The number of rotatable bonds is 7. The Hall–Kier alpha value is -2.35. The summed E-state index contributed by atoms with van der Waals surface area (Å²) in [5.41, 5.74) is 8.61. The predicted molar refractivity (Wildman–Crippen MR) is 142 cm³/mol. The molecule has 2 atom stereocenters. The fourth-order valence-electron chi connectivity index (χ4n) is 6.15. The van der Waals surface area contributed by atoms with Crippen LogP contribution >= 0.6 is 0 Å². The van der Waals surface area contributed by atoms with E-state index in [-0.39, 0.29) is 5.41 Å². The summed E-state index contributed by atoms with van der Waals surface area (Å²) in [6.45, 7) is 21.0. The second-order valence-electron chi connectivity index (χ2n) is 11.1. The van der Waals surface area contributed by atoms with Crippen LogP contribution in [0.1, 0.15) is 109 Å². The van der Waals surface area contributed by atoms with Crippen molar-refractivity contribution in [1.29, 1.82) is 0 Å². The average molecular weight is 443 g/mol.